The SMILES string of the molecule is COc1ccc(Br)cc1S(=O)(=O)N1CCC(CO)CC1. The highest BCUT2D eigenvalue weighted by atomic mass is 79.9. The first kappa shape index (κ1) is 15.8. The van der Waals surface area contributed by atoms with Crippen LogP contribution in [0.25, 0.3) is 0 Å². The van der Waals surface area contributed by atoms with E-state index in [9.17, 15) is 8.42 Å². The maximum Gasteiger partial charge on any atom is 0.246 e. The Balaban J connectivity index is 2.29. The summed E-state index contributed by atoms with van der Waals surface area (Å²) >= 11 is 3.29. The van der Waals surface area contributed by atoms with Gasteiger partial charge in [0.1, 0.15) is 10.6 Å². The molecule has 1 N–H and O–H groups in total. The first-order valence-electron chi connectivity index (χ1n) is 6.43. The maximum atomic E-state index is 12.7. The largest absolute Gasteiger partial charge is 0.495 e. The van der Waals surface area contributed by atoms with Crippen molar-refractivity contribution in [1.82, 2.24) is 4.31 Å². The quantitative estimate of drug-likeness (QED) is 0.886. The normalized spacial score (nSPS) is 18.1. The van der Waals surface area contributed by atoms with E-state index in [0.717, 1.165) is 0 Å². The zero-order valence-corrected chi connectivity index (χ0v) is 13.7. The number of hydrogen-bond donors (Lipinski definition) is 1. The zero-order valence-electron chi connectivity index (χ0n) is 11.3. The first-order valence-corrected chi connectivity index (χ1v) is 8.67. The highest BCUT2D eigenvalue weighted by molar-refractivity contribution is 9.10. The Hall–Kier alpha value is -0.630. The molecule has 1 aromatic carbocycles. The van der Waals surface area contributed by atoms with Crippen LogP contribution in [0.4, 0.5) is 0 Å². The van der Waals surface area contributed by atoms with Gasteiger partial charge in [-0.1, -0.05) is 15.9 Å². The summed E-state index contributed by atoms with van der Waals surface area (Å²) in [6.45, 7) is 0.987. The number of methoxy groups -OCH3 is 1. The van der Waals surface area contributed by atoms with Crippen LogP contribution in [0.1, 0.15) is 12.8 Å². The lowest BCUT2D eigenvalue weighted by atomic mass is 10.00. The van der Waals surface area contributed by atoms with Gasteiger partial charge < -0.3 is 9.84 Å². The Morgan fingerprint density at radius 1 is 1.40 bits per heavy atom. The molecule has 0 radical (unpaired) electrons. The number of sulfonamides is 1. The van der Waals surface area contributed by atoms with Crippen molar-refractivity contribution in [2.24, 2.45) is 5.92 Å². The molecule has 5 nitrogen and oxygen atoms in total. The molecule has 1 saturated heterocycles. The van der Waals surface area contributed by atoms with Crippen molar-refractivity contribution >= 4 is 26.0 Å². The van der Waals surface area contributed by atoms with E-state index < -0.39 is 10.0 Å². The van der Waals surface area contributed by atoms with Gasteiger partial charge in [-0.2, -0.15) is 4.31 Å². The van der Waals surface area contributed by atoms with Crippen molar-refractivity contribution in [3.63, 3.8) is 0 Å². The van der Waals surface area contributed by atoms with Crippen LogP contribution in [0.15, 0.2) is 27.6 Å². The van der Waals surface area contributed by atoms with E-state index in [1.807, 2.05) is 0 Å². The molecule has 1 heterocycles. The molecule has 2 rings (SSSR count). The Morgan fingerprint density at radius 2 is 2.05 bits per heavy atom. The summed E-state index contributed by atoms with van der Waals surface area (Å²) in [5, 5.41) is 9.12. The van der Waals surface area contributed by atoms with Gasteiger partial charge in [0.15, 0.2) is 0 Å². The number of ether oxygens (including phenoxy) is 1. The summed E-state index contributed by atoms with van der Waals surface area (Å²) in [6, 6.07) is 4.94. The molecule has 0 bridgehead atoms. The van der Waals surface area contributed by atoms with Crippen LogP contribution in [0, 0.1) is 5.92 Å². The lowest BCUT2D eigenvalue weighted by molar-refractivity contribution is 0.170. The van der Waals surface area contributed by atoms with E-state index in [2.05, 4.69) is 15.9 Å². The van der Waals surface area contributed by atoms with Gasteiger partial charge in [0.2, 0.25) is 10.0 Å². The average molecular weight is 364 g/mol. The van der Waals surface area contributed by atoms with Crippen LogP contribution in [0.5, 0.6) is 5.75 Å². The van der Waals surface area contributed by atoms with Crippen molar-refractivity contribution in [2.45, 2.75) is 17.7 Å². The number of rotatable bonds is 4. The third kappa shape index (κ3) is 3.16. The maximum absolute atomic E-state index is 12.7. The molecule has 0 aromatic heterocycles. The zero-order chi connectivity index (χ0) is 14.8. The van der Waals surface area contributed by atoms with E-state index in [0.29, 0.717) is 36.2 Å². The molecule has 0 unspecified atom stereocenters. The van der Waals surface area contributed by atoms with Gasteiger partial charge in [-0.25, -0.2) is 8.42 Å². The fourth-order valence-corrected chi connectivity index (χ4v) is 4.49. The topological polar surface area (TPSA) is 66.8 Å². The van der Waals surface area contributed by atoms with Gasteiger partial charge in [0.05, 0.1) is 7.11 Å². The lowest BCUT2D eigenvalue weighted by Gasteiger charge is -2.30. The highest BCUT2D eigenvalue weighted by Crippen LogP contribution is 2.31. The van der Waals surface area contributed by atoms with Crippen LogP contribution < -0.4 is 4.74 Å². The molecule has 112 valence electrons. The molecule has 0 aliphatic carbocycles. The smallest absolute Gasteiger partial charge is 0.246 e. The van der Waals surface area contributed by atoms with Crippen molar-refractivity contribution in [1.29, 1.82) is 0 Å². The number of benzene rings is 1. The minimum Gasteiger partial charge on any atom is -0.495 e. The van der Waals surface area contributed by atoms with Crippen molar-refractivity contribution in [3.05, 3.63) is 22.7 Å². The van der Waals surface area contributed by atoms with Gasteiger partial charge in [-0.15, -0.1) is 0 Å². The van der Waals surface area contributed by atoms with E-state index in [1.165, 1.54) is 11.4 Å². The minimum atomic E-state index is -3.56. The monoisotopic (exact) mass is 363 g/mol. The minimum absolute atomic E-state index is 0.119. The predicted octanol–water partition coefficient (Wildman–Crippen LogP) is 1.85. The average Bonchev–Trinajstić information content (AvgIpc) is 2.47. The number of aliphatic hydroxyl groups is 1. The van der Waals surface area contributed by atoms with Gasteiger partial charge in [-0.3, -0.25) is 0 Å². The summed E-state index contributed by atoms with van der Waals surface area (Å²) in [6.07, 6.45) is 1.37. The van der Waals surface area contributed by atoms with Gasteiger partial charge in [0.25, 0.3) is 0 Å². The molecule has 1 fully saturated rings. The van der Waals surface area contributed by atoms with Crippen molar-refractivity contribution in [3.8, 4) is 5.75 Å². The van der Waals surface area contributed by atoms with Gasteiger partial charge >= 0.3 is 0 Å². The molecule has 0 spiro atoms. The highest BCUT2D eigenvalue weighted by Gasteiger charge is 2.31. The Morgan fingerprint density at radius 3 is 2.60 bits per heavy atom. The fourth-order valence-electron chi connectivity index (χ4n) is 2.32. The van der Waals surface area contributed by atoms with E-state index in [1.54, 1.807) is 18.2 Å². The summed E-state index contributed by atoms with van der Waals surface area (Å²) in [5.74, 6) is 0.545. The van der Waals surface area contributed by atoms with Crippen molar-refractivity contribution < 1.29 is 18.3 Å². The summed E-state index contributed by atoms with van der Waals surface area (Å²) < 4.78 is 32.7. The lowest BCUT2D eigenvalue weighted by Crippen LogP contribution is -2.39. The molecule has 1 aliphatic rings. The fraction of sp³-hybridized carbons (Fsp3) is 0.538. The Kier molecular flexibility index (Phi) is 5.06. The molecule has 1 aliphatic heterocycles. The molecule has 1 aromatic rings. The van der Waals surface area contributed by atoms with E-state index in [-0.39, 0.29) is 17.4 Å². The summed E-state index contributed by atoms with van der Waals surface area (Å²) in [7, 11) is -2.10. The van der Waals surface area contributed by atoms with E-state index >= 15 is 0 Å². The number of hydrogen-bond acceptors (Lipinski definition) is 4. The van der Waals surface area contributed by atoms with E-state index in [4.69, 9.17) is 9.84 Å². The third-order valence-electron chi connectivity index (χ3n) is 3.58. The van der Waals surface area contributed by atoms with Crippen LogP contribution in [-0.4, -0.2) is 44.6 Å². The summed E-state index contributed by atoms with van der Waals surface area (Å²) in [4.78, 5) is 0.178. The van der Waals surface area contributed by atoms with Crippen molar-refractivity contribution in [2.75, 3.05) is 26.8 Å². The van der Waals surface area contributed by atoms with Crippen LogP contribution in [0.2, 0.25) is 0 Å². The molecule has 7 heteroatoms. The first-order chi connectivity index (χ1) is 9.48. The van der Waals surface area contributed by atoms with Crippen LogP contribution in [-0.2, 0) is 10.0 Å². The molecular weight excluding hydrogens is 346 g/mol. The number of nitrogens with zero attached hydrogens (tertiary/aromatic N) is 1. The Labute approximate surface area is 127 Å². The molecule has 0 saturated carbocycles. The standard InChI is InChI=1S/C13H18BrNO4S/c1-19-12-3-2-11(14)8-13(12)20(17,18)15-6-4-10(9-16)5-7-15/h2-3,8,10,16H,4-7,9H2,1H3. The second-order valence-corrected chi connectivity index (χ2v) is 7.65. The predicted molar refractivity (Wildman–Crippen MR) is 79.3 cm³/mol. The van der Waals surface area contributed by atoms with Gasteiger partial charge in [0, 0.05) is 24.2 Å². The Bertz CT molecular complexity index is 568. The number of halogens is 1. The van der Waals surface area contributed by atoms with Crippen LogP contribution in [0.3, 0.4) is 0 Å². The second kappa shape index (κ2) is 6.43. The van der Waals surface area contributed by atoms with Gasteiger partial charge in [-0.05, 0) is 37.0 Å². The number of aliphatic hydroxyl groups excluding tert-OH is 1. The molecule has 20 heavy (non-hydrogen) atoms. The third-order valence-corrected chi connectivity index (χ3v) is 5.99. The van der Waals surface area contributed by atoms with Crippen LogP contribution >= 0.6 is 15.9 Å². The number of piperidine rings is 1. The molecule has 0 atom stereocenters. The molecule has 0 amide bonds. The second-order valence-electron chi connectivity index (χ2n) is 4.83. The molecular formula is C13H18BrNO4S. The summed E-state index contributed by atoms with van der Waals surface area (Å²) in [5.41, 5.74) is 0.